The Morgan fingerprint density at radius 1 is 1.08 bits per heavy atom. The molecule has 0 fully saturated rings. The van der Waals surface area contributed by atoms with E-state index < -0.39 is 12.6 Å². The first-order valence-electron chi connectivity index (χ1n) is 7.74. The highest BCUT2D eigenvalue weighted by Gasteiger charge is 2.27. The summed E-state index contributed by atoms with van der Waals surface area (Å²) >= 11 is 1.65. The zero-order chi connectivity index (χ0) is 18.3. The SMILES string of the molecule is C=C(/C=C\CC(=C)c1cccc(CC(F)(F)F)c1)/C=C/c1cccs1. The van der Waals surface area contributed by atoms with Gasteiger partial charge in [0.05, 0.1) is 6.42 Å². The molecule has 1 aromatic carbocycles. The largest absolute Gasteiger partial charge is 0.393 e. The molecule has 1 aromatic heterocycles. The molecule has 0 radical (unpaired) electrons. The van der Waals surface area contributed by atoms with Gasteiger partial charge in [-0.15, -0.1) is 11.3 Å². The molecule has 0 N–H and O–H groups in total. The minimum Gasteiger partial charge on any atom is -0.171 e. The molecule has 4 heteroatoms. The summed E-state index contributed by atoms with van der Waals surface area (Å²) in [7, 11) is 0. The van der Waals surface area contributed by atoms with Crippen molar-refractivity contribution in [1.82, 2.24) is 0 Å². The first-order valence-corrected chi connectivity index (χ1v) is 8.62. The number of rotatable bonds is 7. The van der Waals surface area contributed by atoms with Gasteiger partial charge < -0.3 is 0 Å². The minimum absolute atomic E-state index is 0.249. The predicted molar refractivity (Wildman–Crippen MR) is 101 cm³/mol. The normalized spacial score (nSPS) is 12.1. The summed E-state index contributed by atoms with van der Waals surface area (Å²) in [6.07, 6.45) is 3.15. The van der Waals surface area contributed by atoms with Crippen molar-refractivity contribution in [1.29, 1.82) is 0 Å². The van der Waals surface area contributed by atoms with E-state index in [4.69, 9.17) is 0 Å². The van der Waals surface area contributed by atoms with Crippen molar-refractivity contribution in [2.45, 2.75) is 19.0 Å². The lowest BCUT2D eigenvalue weighted by Crippen LogP contribution is -2.11. The maximum absolute atomic E-state index is 12.5. The molecule has 0 unspecified atom stereocenters. The van der Waals surface area contributed by atoms with Crippen molar-refractivity contribution in [2.75, 3.05) is 0 Å². The Kier molecular flexibility index (Phi) is 6.59. The van der Waals surface area contributed by atoms with Gasteiger partial charge >= 0.3 is 6.18 Å². The number of alkyl halides is 3. The molecule has 2 aromatic rings. The number of benzene rings is 1. The Morgan fingerprint density at radius 3 is 2.56 bits per heavy atom. The number of halogens is 3. The van der Waals surface area contributed by atoms with Crippen LogP contribution in [0, 0.1) is 0 Å². The molecule has 0 aliphatic rings. The average Bonchev–Trinajstić information content (AvgIpc) is 3.05. The second-order valence-corrected chi connectivity index (χ2v) is 6.61. The van der Waals surface area contributed by atoms with Gasteiger partial charge in [0.25, 0.3) is 0 Å². The van der Waals surface area contributed by atoms with Crippen LogP contribution in [-0.4, -0.2) is 6.18 Å². The number of thiophene rings is 1. The molecule has 0 atom stereocenters. The van der Waals surface area contributed by atoms with E-state index in [1.165, 1.54) is 6.07 Å². The van der Waals surface area contributed by atoms with Crippen LogP contribution in [0.15, 0.2) is 78.7 Å². The molecule has 0 amide bonds. The standard InChI is InChI=1S/C21H19F3S/c1-16(11-12-20-10-5-13-25-20)6-3-7-17(2)19-9-4-8-18(14-19)15-21(22,23)24/h3-6,8-14H,1-2,7,15H2/b6-3-,12-11+. The van der Waals surface area contributed by atoms with Gasteiger partial charge in [-0.3, -0.25) is 0 Å². The van der Waals surface area contributed by atoms with Crippen LogP contribution in [0.1, 0.15) is 22.4 Å². The molecule has 2 rings (SSSR count). The fraction of sp³-hybridized carbons (Fsp3) is 0.143. The highest BCUT2D eigenvalue weighted by molar-refractivity contribution is 7.10. The highest BCUT2D eigenvalue weighted by atomic mass is 32.1. The second-order valence-electron chi connectivity index (χ2n) is 5.63. The zero-order valence-corrected chi connectivity index (χ0v) is 14.5. The molecule has 130 valence electrons. The van der Waals surface area contributed by atoms with Gasteiger partial charge in [-0.05, 0) is 46.2 Å². The van der Waals surface area contributed by atoms with Gasteiger partial charge in [0, 0.05) is 4.88 Å². The molecular weight excluding hydrogens is 341 g/mol. The van der Waals surface area contributed by atoms with Crippen molar-refractivity contribution in [3.8, 4) is 0 Å². The lowest BCUT2D eigenvalue weighted by atomic mass is 10.0. The van der Waals surface area contributed by atoms with Crippen LogP contribution in [0.2, 0.25) is 0 Å². The van der Waals surface area contributed by atoms with E-state index in [0.717, 1.165) is 21.6 Å². The molecule has 0 saturated carbocycles. The Bertz CT molecular complexity index is 778. The fourth-order valence-corrected chi connectivity index (χ4v) is 2.85. The van der Waals surface area contributed by atoms with E-state index in [1.807, 2.05) is 41.8 Å². The van der Waals surface area contributed by atoms with Crippen molar-refractivity contribution in [3.63, 3.8) is 0 Å². The van der Waals surface area contributed by atoms with Crippen LogP contribution in [0.5, 0.6) is 0 Å². The van der Waals surface area contributed by atoms with Crippen molar-refractivity contribution in [3.05, 3.63) is 94.7 Å². The van der Waals surface area contributed by atoms with Gasteiger partial charge in [-0.1, -0.05) is 61.7 Å². The van der Waals surface area contributed by atoms with E-state index in [2.05, 4.69) is 13.2 Å². The molecule has 0 aliphatic heterocycles. The smallest absolute Gasteiger partial charge is 0.171 e. The molecule has 0 aliphatic carbocycles. The molecule has 0 spiro atoms. The van der Waals surface area contributed by atoms with Crippen molar-refractivity contribution in [2.24, 2.45) is 0 Å². The van der Waals surface area contributed by atoms with Crippen LogP contribution in [0.3, 0.4) is 0 Å². The van der Waals surface area contributed by atoms with Gasteiger partial charge in [0.1, 0.15) is 0 Å². The van der Waals surface area contributed by atoms with Crippen LogP contribution in [-0.2, 0) is 6.42 Å². The summed E-state index contributed by atoms with van der Waals surface area (Å²) in [5, 5.41) is 2.01. The number of hydrogen-bond acceptors (Lipinski definition) is 1. The summed E-state index contributed by atoms with van der Waals surface area (Å²) in [5.41, 5.74) is 2.60. The van der Waals surface area contributed by atoms with E-state index in [0.29, 0.717) is 6.42 Å². The third-order valence-corrected chi connectivity index (χ3v) is 4.28. The number of allylic oxidation sites excluding steroid dienone is 5. The molecule has 0 saturated heterocycles. The third kappa shape index (κ3) is 6.98. The Morgan fingerprint density at radius 2 is 1.88 bits per heavy atom. The highest BCUT2D eigenvalue weighted by Crippen LogP contribution is 2.24. The number of hydrogen-bond donors (Lipinski definition) is 0. The average molecular weight is 360 g/mol. The van der Waals surface area contributed by atoms with Crippen LogP contribution in [0.25, 0.3) is 11.6 Å². The summed E-state index contributed by atoms with van der Waals surface area (Å²) in [6.45, 7) is 7.92. The lowest BCUT2D eigenvalue weighted by Gasteiger charge is -2.09. The quantitative estimate of drug-likeness (QED) is 0.463. The van der Waals surface area contributed by atoms with E-state index in [9.17, 15) is 13.2 Å². The maximum atomic E-state index is 12.5. The predicted octanol–water partition coefficient (Wildman–Crippen LogP) is 7.08. The lowest BCUT2D eigenvalue weighted by molar-refractivity contribution is -0.127. The maximum Gasteiger partial charge on any atom is 0.393 e. The Hall–Kier alpha value is -2.33. The zero-order valence-electron chi connectivity index (χ0n) is 13.7. The molecule has 0 nitrogen and oxygen atoms in total. The Labute approximate surface area is 150 Å². The molecule has 25 heavy (non-hydrogen) atoms. The summed E-state index contributed by atoms with van der Waals surface area (Å²) in [6, 6.07) is 10.5. The molecular formula is C21H19F3S. The van der Waals surface area contributed by atoms with Crippen LogP contribution >= 0.6 is 11.3 Å². The van der Waals surface area contributed by atoms with Crippen molar-refractivity contribution < 1.29 is 13.2 Å². The molecule has 1 heterocycles. The first kappa shape index (κ1) is 19.0. The topological polar surface area (TPSA) is 0 Å². The first-order chi connectivity index (χ1) is 11.8. The van der Waals surface area contributed by atoms with E-state index in [1.54, 1.807) is 29.5 Å². The summed E-state index contributed by atoms with van der Waals surface area (Å²) in [4.78, 5) is 1.15. The minimum atomic E-state index is -4.20. The van der Waals surface area contributed by atoms with E-state index in [-0.39, 0.29) is 5.56 Å². The van der Waals surface area contributed by atoms with E-state index >= 15 is 0 Å². The van der Waals surface area contributed by atoms with Gasteiger partial charge in [-0.25, -0.2) is 0 Å². The third-order valence-electron chi connectivity index (χ3n) is 3.44. The second kappa shape index (κ2) is 8.67. The monoisotopic (exact) mass is 360 g/mol. The summed E-state index contributed by atoms with van der Waals surface area (Å²) in [5.74, 6) is 0. The van der Waals surface area contributed by atoms with Gasteiger partial charge in [0.15, 0.2) is 0 Å². The fourth-order valence-electron chi connectivity index (χ4n) is 2.23. The van der Waals surface area contributed by atoms with Crippen LogP contribution < -0.4 is 0 Å². The summed E-state index contributed by atoms with van der Waals surface area (Å²) < 4.78 is 37.5. The van der Waals surface area contributed by atoms with Gasteiger partial charge in [0.2, 0.25) is 0 Å². The Balaban J connectivity index is 1.91. The van der Waals surface area contributed by atoms with Gasteiger partial charge in [-0.2, -0.15) is 13.2 Å². The van der Waals surface area contributed by atoms with Crippen molar-refractivity contribution >= 4 is 23.0 Å². The molecule has 0 bridgehead atoms. The van der Waals surface area contributed by atoms with Crippen LogP contribution in [0.4, 0.5) is 13.2 Å².